The molecular weight excluding hydrogens is 360 g/mol. The number of fused-ring (bicyclic) bond motifs is 1. The number of hydrogen-bond donors (Lipinski definition) is 1. The molecule has 0 radical (unpaired) electrons. The third-order valence-electron chi connectivity index (χ3n) is 3.43. The molecule has 0 saturated carbocycles. The third-order valence-corrected chi connectivity index (χ3v) is 4.31. The zero-order valence-corrected chi connectivity index (χ0v) is 13.7. The van der Waals surface area contributed by atoms with Crippen molar-refractivity contribution in [2.45, 2.75) is 17.8 Å². The summed E-state index contributed by atoms with van der Waals surface area (Å²) in [6, 6.07) is 5.57. The Labute approximate surface area is 143 Å². The van der Waals surface area contributed by atoms with Gasteiger partial charge in [0.05, 0.1) is 6.42 Å². The van der Waals surface area contributed by atoms with Crippen molar-refractivity contribution in [3.05, 3.63) is 40.4 Å². The average Bonchev–Trinajstić information content (AvgIpc) is 2.85. The summed E-state index contributed by atoms with van der Waals surface area (Å²) in [5.41, 5.74) is 0.371. The molecule has 0 amide bonds. The quantitative estimate of drug-likeness (QED) is 0.433. The number of alkyl halides is 3. The highest BCUT2D eigenvalue weighted by Gasteiger charge is 2.26. The average molecular weight is 372 g/mol. The van der Waals surface area contributed by atoms with Crippen molar-refractivity contribution in [1.82, 2.24) is 19.5 Å². The Balaban J connectivity index is 1.96. The minimum absolute atomic E-state index is 0.0713. The maximum Gasteiger partial charge on any atom is 0.389 e. The normalized spacial score (nSPS) is 12.0. The molecule has 5 nitrogen and oxygen atoms in total. The molecule has 1 N–H and O–H groups in total. The number of benzene rings is 1. The minimum Gasteiger partial charge on any atom is -0.312 e. The standard InChI is InChI=1S/C15H12F4N4OS/c1-23-11(8-2-4-9(16)5-3-8)20-10-12(23)21-14(22-13(10)24)25-7-6-15(17,18)19/h2-5H,6-7H2,1H3,(H,21,22,24). The summed E-state index contributed by atoms with van der Waals surface area (Å²) in [5.74, 6) is -0.243. The van der Waals surface area contributed by atoms with E-state index in [1.54, 1.807) is 11.6 Å². The lowest BCUT2D eigenvalue weighted by Crippen LogP contribution is -2.11. The van der Waals surface area contributed by atoms with Crippen LogP contribution >= 0.6 is 11.8 Å². The Kier molecular flexibility index (Phi) is 4.55. The van der Waals surface area contributed by atoms with Crippen molar-refractivity contribution in [2.24, 2.45) is 7.05 Å². The van der Waals surface area contributed by atoms with E-state index in [-0.39, 0.29) is 22.1 Å². The van der Waals surface area contributed by atoms with Crippen molar-refractivity contribution >= 4 is 22.9 Å². The van der Waals surface area contributed by atoms with E-state index in [1.807, 2.05) is 0 Å². The molecule has 0 aliphatic heterocycles. The van der Waals surface area contributed by atoms with Gasteiger partial charge in [0.25, 0.3) is 5.56 Å². The van der Waals surface area contributed by atoms with Gasteiger partial charge in [-0.2, -0.15) is 13.2 Å². The van der Waals surface area contributed by atoms with Crippen LogP contribution in [0.2, 0.25) is 0 Å². The molecule has 132 valence electrons. The molecule has 1 aromatic carbocycles. The predicted molar refractivity (Wildman–Crippen MR) is 85.9 cm³/mol. The number of H-pyrrole nitrogens is 1. The van der Waals surface area contributed by atoms with E-state index in [0.29, 0.717) is 11.4 Å². The summed E-state index contributed by atoms with van der Waals surface area (Å²) >= 11 is 0.815. The van der Waals surface area contributed by atoms with Crippen LogP contribution in [0, 0.1) is 5.82 Å². The van der Waals surface area contributed by atoms with E-state index < -0.39 is 24.0 Å². The van der Waals surface area contributed by atoms with Gasteiger partial charge in [-0.25, -0.2) is 14.4 Å². The number of aromatic nitrogens is 4. The first-order valence-corrected chi connectivity index (χ1v) is 8.15. The van der Waals surface area contributed by atoms with Gasteiger partial charge in [-0.3, -0.25) is 9.78 Å². The monoisotopic (exact) mass is 372 g/mol. The molecule has 0 unspecified atom stereocenters. The highest BCUT2D eigenvalue weighted by Crippen LogP contribution is 2.26. The first kappa shape index (κ1) is 17.5. The summed E-state index contributed by atoms with van der Waals surface area (Å²) in [7, 11) is 1.63. The van der Waals surface area contributed by atoms with Crippen LogP contribution in [0.5, 0.6) is 0 Å². The van der Waals surface area contributed by atoms with E-state index >= 15 is 0 Å². The molecule has 0 atom stereocenters. The van der Waals surface area contributed by atoms with Crippen LogP contribution in [-0.2, 0) is 7.05 Å². The molecular formula is C15H12F4N4OS. The van der Waals surface area contributed by atoms with Crippen LogP contribution in [0.4, 0.5) is 17.6 Å². The second kappa shape index (κ2) is 6.51. The number of nitrogens with one attached hydrogen (secondary N) is 1. The minimum atomic E-state index is -4.26. The number of halogens is 4. The number of thioether (sulfide) groups is 1. The van der Waals surface area contributed by atoms with Gasteiger partial charge in [-0.15, -0.1) is 0 Å². The Hall–Kier alpha value is -2.36. The van der Waals surface area contributed by atoms with Gasteiger partial charge >= 0.3 is 6.18 Å². The number of hydrogen-bond acceptors (Lipinski definition) is 4. The van der Waals surface area contributed by atoms with E-state index in [2.05, 4.69) is 15.0 Å². The number of nitrogens with zero attached hydrogens (tertiary/aromatic N) is 3. The van der Waals surface area contributed by atoms with Gasteiger partial charge < -0.3 is 4.57 Å². The summed E-state index contributed by atoms with van der Waals surface area (Å²) in [4.78, 5) is 23.0. The first-order valence-electron chi connectivity index (χ1n) is 7.17. The summed E-state index contributed by atoms with van der Waals surface area (Å²) < 4.78 is 51.3. The van der Waals surface area contributed by atoms with Crippen molar-refractivity contribution < 1.29 is 17.6 Å². The molecule has 0 saturated heterocycles. The van der Waals surface area contributed by atoms with Gasteiger partial charge in [0.15, 0.2) is 16.3 Å². The zero-order valence-electron chi connectivity index (χ0n) is 12.9. The second-order valence-electron chi connectivity index (χ2n) is 5.26. The Morgan fingerprint density at radius 1 is 1.20 bits per heavy atom. The van der Waals surface area contributed by atoms with Crippen molar-refractivity contribution in [3.8, 4) is 11.4 Å². The topological polar surface area (TPSA) is 63.6 Å². The first-order chi connectivity index (χ1) is 11.7. The Bertz CT molecular complexity index is 963. The van der Waals surface area contributed by atoms with Crippen molar-refractivity contribution in [3.63, 3.8) is 0 Å². The van der Waals surface area contributed by atoms with Crippen molar-refractivity contribution in [1.29, 1.82) is 0 Å². The highest BCUT2D eigenvalue weighted by molar-refractivity contribution is 7.99. The van der Waals surface area contributed by atoms with Gasteiger partial charge in [0.1, 0.15) is 11.6 Å². The SMILES string of the molecule is Cn1c(-c2ccc(F)cc2)nc2c(=O)[nH]c(SCCC(F)(F)F)nc21. The van der Waals surface area contributed by atoms with Crippen LogP contribution in [0.15, 0.2) is 34.2 Å². The third kappa shape index (κ3) is 3.84. The fourth-order valence-electron chi connectivity index (χ4n) is 2.24. The number of aryl methyl sites for hydroxylation is 1. The maximum absolute atomic E-state index is 13.0. The van der Waals surface area contributed by atoms with Crippen LogP contribution in [-0.4, -0.2) is 31.4 Å². The smallest absolute Gasteiger partial charge is 0.312 e. The molecule has 3 aromatic rings. The molecule has 2 heterocycles. The largest absolute Gasteiger partial charge is 0.389 e. The van der Waals surface area contributed by atoms with Crippen LogP contribution in [0.1, 0.15) is 6.42 Å². The lowest BCUT2D eigenvalue weighted by molar-refractivity contribution is -0.129. The molecule has 0 spiro atoms. The molecule has 25 heavy (non-hydrogen) atoms. The van der Waals surface area contributed by atoms with Crippen LogP contribution < -0.4 is 5.56 Å². The molecule has 0 aliphatic rings. The van der Waals surface area contributed by atoms with Gasteiger partial charge in [-0.05, 0) is 24.3 Å². The zero-order chi connectivity index (χ0) is 18.2. The summed E-state index contributed by atoms with van der Waals surface area (Å²) in [6.07, 6.45) is -5.24. The van der Waals surface area contributed by atoms with Gasteiger partial charge in [-0.1, -0.05) is 11.8 Å². The van der Waals surface area contributed by atoms with E-state index in [0.717, 1.165) is 11.8 Å². The summed E-state index contributed by atoms with van der Waals surface area (Å²) in [6.45, 7) is 0. The van der Waals surface area contributed by atoms with E-state index in [9.17, 15) is 22.4 Å². The molecule has 3 rings (SSSR count). The molecule has 0 aliphatic carbocycles. The van der Waals surface area contributed by atoms with Gasteiger partial charge in [0.2, 0.25) is 0 Å². The summed E-state index contributed by atoms with van der Waals surface area (Å²) in [5, 5.41) is 0.0930. The lowest BCUT2D eigenvalue weighted by Gasteiger charge is -2.05. The highest BCUT2D eigenvalue weighted by atomic mass is 32.2. The lowest BCUT2D eigenvalue weighted by atomic mass is 10.2. The molecule has 0 bridgehead atoms. The number of aromatic amines is 1. The Morgan fingerprint density at radius 2 is 1.88 bits per heavy atom. The molecule has 2 aromatic heterocycles. The van der Waals surface area contributed by atoms with Crippen molar-refractivity contribution in [2.75, 3.05) is 5.75 Å². The predicted octanol–water partition coefficient (Wildman–Crippen LogP) is 3.51. The second-order valence-corrected chi connectivity index (χ2v) is 6.34. The van der Waals surface area contributed by atoms with Crippen LogP contribution in [0.25, 0.3) is 22.6 Å². The fraction of sp³-hybridized carbons (Fsp3) is 0.267. The van der Waals surface area contributed by atoms with E-state index in [1.165, 1.54) is 24.3 Å². The van der Waals surface area contributed by atoms with Gasteiger partial charge in [0, 0.05) is 18.4 Å². The van der Waals surface area contributed by atoms with Crippen LogP contribution in [0.3, 0.4) is 0 Å². The molecule has 10 heteroatoms. The maximum atomic E-state index is 13.0. The van der Waals surface area contributed by atoms with E-state index in [4.69, 9.17) is 0 Å². The Morgan fingerprint density at radius 3 is 2.52 bits per heavy atom. The number of rotatable bonds is 4. The fourth-order valence-corrected chi connectivity index (χ4v) is 3.08. The number of imidazole rings is 1. The molecule has 0 fully saturated rings.